The number of unbranched alkanes of at least 4 members (excludes halogenated alkanes) is 4. The van der Waals surface area contributed by atoms with Gasteiger partial charge in [0.25, 0.3) is 5.91 Å². The molecule has 0 aromatic heterocycles. The molecule has 1 N–H and O–H groups in total. The van der Waals surface area contributed by atoms with E-state index < -0.39 is 6.10 Å². The molecular formula is C18H28BrNO4. The van der Waals surface area contributed by atoms with Crippen molar-refractivity contribution in [3.8, 4) is 11.5 Å². The monoisotopic (exact) mass is 401 g/mol. The Balaban J connectivity index is 2.83. The SMILES string of the molecule is CCCCCCCc1ccc(O)c(Br)c1O[C@H](C)C(=O)N(C)OC. The number of carbonyl (C=O) groups excluding carboxylic acids is 1. The predicted octanol–water partition coefficient (Wildman–Crippen LogP) is 4.45. The molecule has 0 heterocycles. The zero-order valence-electron chi connectivity index (χ0n) is 15.0. The number of hydrogen-bond donors (Lipinski definition) is 1. The van der Waals surface area contributed by atoms with Gasteiger partial charge in [-0.1, -0.05) is 38.7 Å². The summed E-state index contributed by atoms with van der Waals surface area (Å²) < 4.78 is 6.32. The first-order chi connectivity index (χ1) is 11.4. The minimum absolute atomic E-state index is 0.0967. The van der Waals surface area contributed by atoms with Crippen molar-refractivity contribution in [2.24, 2.45) is 0 Å². The second kappa shape index (κ2) is 10.6. The van der Waals surface area contributed by atoms with Crippen LogP contribution in [0.25, 0.3) is 0 Å². The summed E-state index contributed by atoms with van der Waals surface area (Å²) in [6, 6.07) is 3.50. The number of amides is 1. The third-order valence-corrected chi connectivity index (χ3v) is 4.70. The second-order valence-corrected chi connectivity index (χ2v) is 6.62. The Morgan fingerprint density at radius 1 is 1.29 bits per heavy atom. The highest BCUT2D eigenvalue weighted by Crippen LogP contribution is 2.38. The fourth-order valence-electron chi connectivity index (χ4n) is 2.40. The number of ether oxygens (including phenoxy) is 1. The summed E-state index contributed by atoms with van der Waals surface area (Å²) in [7, 11) is 2.96. The van der Waals surface area contributed by atoms with Gasteiger partial charge in [0.05, 0.1) is 7.11 Å². The molecule has 0 fully saturated rings. The first kappa shape index (κ1) is 20.8. The van der Waals surface area contributed by atoms with Crippen LogP contribution in [0.3, 0.4) is 0 Å². The molecule has 0 aliphatic rings. The summed E-state index contributed by atoms with van der Waals surface area (Å²) in [6.07, 6.45) is 6.02. The van der Waals surface area contributed by atoms with E-state index in [2.05, 4.69) is 22.9 Å². The summed E-state index contributed by atoms with van der Waals surface area (Å²) in [4.78, 5) is 17.0. The summed E-state index contributed by atoms with van der Waals surface area (Å²) in [5.74, 6) is 0.331. The van der Waals surface area contributed by atoms with Gasteiger partial charge in [-0.15, -0.1) is 0 Å². The molecule has 0 radical (unpaired) electrons. The van der Waals surface area contributed by atoms with Crippen LogP contribution < -0.4 is 4.74 Å². The van der Waals surface area contributed by atoms with Gasteiger partial charge >= 0.3 is 0 Å². The van der Waals surface area contributed by atoms with Gasteiger partial charge in [0, 0.05) is 7.05 Å². The van der Waals surface area contributed by atoms with Crippen LogP contribution in [0.5, 0.6) is 11.5 Å². The minimum Gasteiger partial charge on any atom is -0.507 e. The zero-order valence-corrected chi connectivity index (χ0v) is 16.6. The molecule has 6 heteroatoms. The maximum Gasteiger partial charge on any atom is 0.286 e. The molecule has 0 spiro atoms. The zero-order chi connectivity index (χ0) is 18.1. The molecule has 24 heavy (non-hydrogen) atoms. The lowest BCUT2D eigenvalue weighted by molar-refractivity contribution is -0.175. The molecule has 0 saturated heterocycles. The number of carbonyl (C=O) groups is 1. The van der Waals surface area contributed by atoms with Crippen molar-refractivity contribution in [3.05, 3.63) is 22.2 Å². The molecular weight excluding hydrogens is 374 g/mol. The number of aromatic hydroxyl groups is 1. The van der Waals surface area contributed by atoms with Gasteiger partial charge in [0.15, 0.2) is 6.10 Å². The van der Waals surface area contributed by atoms with Crippen LogP contribution in [-0.4, -0.2) is 36.3 Å². The highest BCUT2D eigenvalue weighted by atomic mass is 79.9. The number of phenols is 1. The Kier molecular flexibility index (Phi) is 9.14. The number of nitrogens with zero attached hydrogens (tertiary/aromatic N) is 1. The first-order valence-corrected chi connectivity index (χ1v) is 9.20. The van der Waals surface area contributed by atoms with Crippen LogP contribution in [0.4, 0.5) is 0 Å². The fourth-order valence-corrected chi connectivity index (χ4v) is 2.88. The number of halogens is 1. The van der Waals surface area contributed by atoms with E-state index in [9.17, 15) is 9.90 Å². The Morgan fingerprint density at radius 3 is 2.58 bits per heavy atom. The van der Waals surface area contributed by atoms with E-state index in [0.29, 0.717) is 10.2 Å². The smallest absolute Gasteiger partial charge is 0.286 e. The lowest BCUT2D eigenvalue weighted by atomic mass is 10.0. The van der Waals surface area contributed by atoms with E-state index in [1.807, 2.05) is 6.07 Å². The predicted molar refractivity (Wildman–Crippen MR) is 98.1 cm³/mol. The van der Waals surface area contributed by atoms with Crippen molar-refractivity contribution in [1.29, 1.82) is 0 Å². The fraction of sp³-hybridized carbons (Fsp3) is 0.611. The average Bonchev–Trinajstić information content (AvgIpc) is 2.58. The van der Waals surface area contributed by atoms with Gasteiger partial charge < -0.3 is 9.84 Å². The molecule has 1 amide bonds. The van der Waals surface area contributed by atoms with Crippen LogP contribution in [-0.2, 0) is 16.1 Å². The summed E-state index contributed by atoms with van der Waals surface area (Å²) in [5, 5.41) is 11.1. The highest BCUT2D eigenvalue weighted by molar-refractivity contribution is 9.10. The van der Waals surface area contributed by atoms with Gasteiger partial charge in [0.2, 0.25) is 0 Å². The molecule has 136 valence electrons. The lowest BCUT2D eigenvalue weighted by Crippen LogP contribution is -2.37. The third kappa shape index (κ3) is 5.98. The van der Waals surface area contributed by atoms with Crippen molar-refractivity contribution in [3.63, 3.8) is 0 Å². The third-order valence-electron chi connectivity index (χ3n) is 3.93. The average molecular weight is 402 g/mol. The largest absolute Gasteiger partial charge is 0.507 e. The van der Waals surface area contributed by atoms with Gasteiger partial charge in [-0.2, -0.15) is 0 Å². The van der Waals surface area contributed by atoms with Crippen molar-refractivity contribution in [2.45, 2.75) is 58.5 Å². The topological polar surface area (TPSA) is 59.0 Å². The normalized spacial score (nSPS) is 12.0. The molecule has 5 nitrogen and oxygen atoms in total. The van der Waals surface area contributed by atoms with Crippen LogP contribution in [0, 0.1) is 0 Å². The van der Waals surface area contributed by atoms with Gasteiger partial charge in [0.1, 0.15) is 16.0 Å². The van der Waals surface area contributed by atoms with Gasteiger partial charge in [-0.3, -0.25) is 9.63 Å². The Hall–Kier alpha value is -1.27. The molecule has 0 bridgehead atoms. The van der Waals surface area contributed by atoms with Crippen molar-refractivity contribution >= 4 is 21.8 Å². The number of rotatable bonds is 10. The van der Waals surface area contributed by atoms with Crippen molar-refractivity contribution in [1.82, 2.24) is 5.06 Å². The molecule has 0 aliphatic heterocycles. The summed E-state index contributed by atoms with van der Waals surface area (Å²) in [5.41, 5.74) is 0.982. The number of likely N-dealkylation sites (N-methyl/N-ethyl adjacent to an activating group) is 1. The van der Waals surface area contributed by atoms with Crippen LogP contribution >= 0.6 is 15.9 Å². The number of aryl methyl sites for hydroxylation is 1. The standard InChI is InChI=1S/C18H28BrNO4/c1-5-6-7-8-9-10-14-11-12-15(21)16(19)17(14)24-13(2)18(22)20(3)23-4/h11-13,21H,5-10H2,1-4H3/t13-/m1/s1. The van der Waals surface area contributed by atoms with E-state index in [1.54, 1.807) is 13.0 Å². The Bertz CT molecular complexity index is 536. The molecule has 1 rings (SSSR count). The lowest BCUT2D eigenvalue weighted by Gasteiger charge is -2.22. The molecule has 1 aromatic rings. The number of benzene rings is 1. The van der Waals surface area contributed by atoms with E-state index in [4.69, 9.17) is 9.57 Å². The Morgan fingerprint density at radius 2 is 1.96 bits per heavy atom. The van der Waals surface area contributed by atoms with Crippen LogP contribution in [0.2, 0.25) is 0 Å². The van der Waals surface area contributed by atoms with Gasteiger partial charge in [-0.25, -0.2) is 5.06 Å². The number of phenolic OH excluding ortho intramolecular Hbond substituents is 1. The van der Waals surface area contributed by atoms with E-state index >= 15 is 0 Å². The quantitative estimate of drug-likeness (QED) is 0.464. The van der Waals surface area contributed by atoms with Crippen molar-refractivity contribution in [2.75, 3.05) is 14.2 Å². The molecule has 0 unspecified atom stereocenters. The first-order valence-electron chi connectivity index (χ1n) is 8.41. The highest BCUT2D eigenvalue weighted by Gasteiger charge is 2.22. The van der Waals surface area contributed by atoms with Crippen LogP contribution in [0.1, 0.15) is 51.5 Å². The van der Waals surface area contributed by atoms with E-state index in [-0.39, 0.29) is 11.7 Å². The maximum atomic E-state index is 12.1. The maximum absolute atomic E-state index is 12.1. The molecule has 1 atom stereocenters. The van der Waals surface area contributed by atoms with Crippen LogP contribution in [0.15, 0.2) is 16.6 Å². The molecule has 0 aliphatic carbocycles. The second-order valence-electron chi connectivity index (χ2n) is 5.83. The molecule has 1 aromatic carbocycles. The number of hydrogen-bond acceptors (Lipinski definition) is 4. The Labute approximate surface area is 153 Å². The minimum atomic E-state index is -0.716. The van der Waals surface area contributed by atoms with E-state index in [1.165, 1.54) is 33.4 Å². The summed E-state index contributed by atoms with van der Waals surface area (Å²) in [6.45, 7) is 3.86. The summed E-state index contributed by atoms with van der Waals surface area (Å²) >= 11 is 3.37. The van der Waals surface area contributed by atoms with Crippen molar-refractivity contribution < 1.29 is 19.5 Å². The van der Waals surface area contributed by atoms with E-state index in [0.717, 1.165) is 29.9 Å². The van der Waals surface area contributed by atoms with Gasteiger partial charge in [-0.05, 0) is 47.3 Å². The molecule has 0 saturated carbocycles. The number of hydroxylamine groups is 2.